The van der Waals surface area contributed by atoms with Crippen LogP contribution in [0.25, 0.3) is 0 Å². The van der Waals surface area contributed by atoms with Gasteiger partial charge in [0, 0.05) is 11.8 Å². The lowest BCUT2D eigenvalue weighted by atomic mass is 9.67. The van der Waals surface area contributed by atoms with Gasteiger partial charge in [0.2, 0.25) is 0 Å². The molecule has 0 aromatic heterocycles. The van der Waals surface area contributed by atoms with E-state index < -0.39 is 110 Å². The van der Waals surface area contributed by atoms with Gasteiger partial charge in [0.25, 0.3) is 5.60 Å². The predicted molar refractivity (Wildman–Crippen MR) is 138 cm³/mol. The Labute approximate surface area is 267 Å². The largest absolute Gasteiger partial charge is 0.438 e. The first-order valence-corrected chi connectivity index (χ1v) is 15.3. The van der Waals surface area contributed by atoms with Crippen LogP contribution in [0.4, 0.5) is 65.9 Å². The van der Waals surface area contributed by atoms with Crippen molar-refractivity contribution in [3.8, 4) is 0 Å². The predicted octanol–water partition coefficient (Wildman–Crippen LogP) is 10.5. The summed E-state index contributed by atoms with van der Waals surface area (Å²) in [4.78, 5) is 12.4. The van der Waals surface area contributed by atoms with E-state index in [1.807, 2.05) is 0 Å². The number of rotatable bonds is 10. The summed E-state index contributed by atoms with van der Waals surface area (Å²) in [6.45, 7) is 4.43. The van der Waals surface area contributed by atoms with Gasteiger partial charge < -0.3 is 14.2 Å². The molecule has 0 spiro atoms. The van der Waals surface area contributed by atoms with E-state index in [1.165, 1.54) is 0 Å². The van der Waals surface area contributed by atoms with Crippen molar-refractivity contribution in [3.05, 3.63) is 0 Å². The highest BCUT2D eigenvalue weighted by Crippen LogP contribution is 2.60. The lowest BCUT2D eigenvalue weighted by Crippen LogP contribution is -2.67. The Hall–Kier alpha value is -1.66. The van der Waals surface area contributed by atoms with E-state index in [0.717, 1.165) is 6.42 Å². The maximum absolute atomic E-state index is 14.4. The number of alkyl halides is 15. The zero-order valence-electron chi connectivity index (χ0n) is 26.6. The summed E-state index contributed by atoms with van der Waals surface area (Å²) in [5.41, 5.74) is -14.6. The van der Waals surface area contributed by atoms with Gasteiger partial charge in [-0.05, 0) is 69.6 Å². The highest BCUT2D eigenvalue weighted by atomic mass is 19.4. The highest BCUT2D eigenvalue weighted by molar-refractivity contribution is 5.78. The van der Waals surface area contributed by atoms with E-state index in [-0.39, 0.29) is 31.1 Å². The average Bonchev–Trinajstić information content (AvgIpc) is 2.90. The maximum atomic E-state index is 14.4. The number of carbonyl (C=O) groups is 1. The van der Waals surface area contributed by atoms with Gasteiger partial charge in [0.05, 0.1) is 6.10 Å². The van der Waals surface area contributed by atoms with E-state index in [0.29, 0.717) is 13.3 Å². The third-order valence-corrected chi connectivity index (χ3v) is 10.1. The number of halogens is 15. The molecule has 19 heteroatoms. The highest BCUT2D eigenvalue weighted by Gasteiger charge is 2.80. The second-order valence-corrected chi connectivity index (χ2v) is 13.4. The van der Waals surface area contributed by atoms with Crippen LogP contribution in [0, 0.1) is 35.0 Å². The summed E-state index contributed by atoms with van der Waals surface area (Å²) in [5.74, 6) is -9.17. The molecule has 0 bridgehead atoms. The Morgan fingerprint density at radius 1 is 0.667 bits per heavy atom. The molecule has 2 fully saturated rings. The van der Waals surface area contributed by atoms with E-state index in [9.17, 15) is 70.7 Å². The van der Waals surface area contributed by atoms with Gasteiger partial charge in [-0.2, -0.15) is 65.9 Å². The minimum Gasteiger partial charge on any atom is -0.438 e. The van der Waals surface area contributed by atoms with E-state index in [4.69, 9.17) is 4.74 Å². The summed E-state index contributed by atoms with van der Waals surface area (Å²) < 4.78 is 227. The summed E-state index contributed by atoms with van der Waals surface area (Å²) >= 11 is 0. The van der Waals surface area contributed by atoms with Gasteiger partial charge in [-0.1, -0.05) is 34.1 Å². The molecule has 0 amide bonds. The van der Waals surface area contributed by atoms with Crippen LogP contribution in [-0.2, 0) is 19.0 Å². The molecule has 0 heterocycles. The van der Waals surface area contributed by atoms with Crippen molar-refractivity contribution in [3.63, 3.8) is 0 Å². The van der Waals surface area contributed by atoms with Gasteiger partial charge >= 0.3 is 42.5 Å². The Morgan fingerprint density at radius 3 is 1.44 bits per heavy atom. The van der Waals surface area contributed by atoms with Crippen LogP contribution >= 0.6 is 0 Å². The normalized spacial score (nSPS) is 27.1. The topological polar surface area (TPSA) is 44.8 Å². The molecular weight excluding hydrogens is 697 g/mol. The summed E-state index contributed by atoms with van der Waals surface area (Å²) in [6, 6.07) is 0. The Kier molecular flexibility index (Phi) is 12.5. The van der Waals surface area contributed by atoms with Crippen molar-refractivity contribution < 1.29 is 84.9 Å². The molecule has 4 unspecified atom stereocenters. The number of esters is 1. The first kappa shape index (κ1) is 42.5. The number of carbonyl (C=O) groups excluding carboxylic acids is 1. The monoisotopic (exact) mass is 736 g/mol. The zero-order chi connectivity index (χ0) is 37.5. The lowest BCUT2D eigenvalue weighted by Gasteiger charge is -2.49. The van der Waals surface area contributed by atoms with Gasteiger partial charge in [-0.25, -0.2) is 0 Å². The molecule has 0 aromatic carbocycles. The van der Waals surface area contributed by atoms with Crippen molar-refractivity contribution in [2.24, 2.45) is 35.0 Å². The Morgan fingerprint density at radius 2 is 1.08 bits per heavy atom. The smallest absolute Gasteiger partial charge is 0.437 e. The van der Waals surface area contributed by atoms with Crippen molar-refractivity contribution in [1.82, 2.24) is 0 Å². The van der Waals surface area contributed by atoms with Crippen LogP contribution in [0.2, 0.25) is 0 Å². The average molecular weight is 737 g/mol. The van der Waals surface area contributed by atoms with Gasteiger partial charge in [-0.3, -0.25) is 4.79 Å². The molecule has 0 N–H and O–H groups in total. The summed E-state index contributed by atoms with van der Waals surface area (Å²) in [5, 5.41) is 0. The van der Waals surface area contributed by atoms with Gasteiger partial charge in [0.15, 0.2) is 5.41 Å². The third kappa shape index (κ3) is 7.80. The molecule has 0 aliphatic heterocycles. The second-order valence-electron chi connectivity index (χ2n) is 13.4. The van der Waals surface area contributed by atoms with Crippen LogP contribution in [0.15, 0.2) is 0 Å². The molecule has 4 nitrogen and oxygen atoms in total. The molecule has 0 radical (unpaired) electrons. The van der Waals surface area contributed by atoms with Crippen molar-refractivity contribution in [2.75, 3.05) is 6.79 Å². The fourth-order valence-corrected chi connectivity index (χ4v) is 6.87. The molecular formula is C29H39F15O4. The quantitative estimate of drug-likeness (QED) is 0.127. The molecule has 0 aromatic rings. The van der Waals surface area contributed by atoms with E-state index in [1.54, 1.807) is 20.8 Å². The number of ether oxygens (including phenoxy) is 3. The SMILES string of the molecule is CCC(C)(C(=O)OC(C1CCC(C(OCOC2CC(C)CCC2C(C)C)(C(F)(F)F)C(F)(F)F)CC1)(C(F)(F)F)C(F)(F)F)C(F)(F)F. The molecule has 2 saturated carbocycles. The zero-order valence-corrected chi connectivity index (χ0v) is 26.6. The third-order valence-electron chi connectivity index (χ3n) is 10.1. The van der Waals surface area contributed by atoms with Crippen molar-refractivity contribution in [2.45, 2.75) is 134 Å². The summed E-state index contributed by atoms with van der Waals surface area (Å²) in [6.07, 6.45) is -38.9. The van der Waals surface area contributed by atoms with Crippen LogP contribution in [-0.4, -0.2) is 60.9 Å². The molecule has 0 saturated heterocycles. The molecule has 284 valence electrons. The first-order chi connectivity index (χ1) is 21.4. The van der Waals surface area contributed by atoms with Crippen LogP contribution in [0.5, 0.6) is 0 Å². The molecule has 48 heavy (non-hydrogen) atoms. The van der Waals surface area contributed by atoms with Crippen LogP contribution < -0.4 is 0 Å². The number of hydrogen-bond donors (Lipinski definition) is 0. The fourth-order valence-electron chi connectivity index (χ4n) is 6.87. The van der Waals surface area contributed by atoms with Gasteiger partial charge in [-0.15, -0.1) is 0 Å². The van der Waals surface area contributed by atoms with Crippen molar-refractivity contribution >= 4 is 5.97 Å². The standard InChI is InChI=1S/C29H39F15O4/c1-6-22(5,25(30,31)32)21(45)48-24(28(39,40)41,29(42,43)44)18-10-8-17(9-11-18)23(26(33,34)35,27(36,37)38)47-14-46-20-13-16(4)7-12-19(20)15(2)3/h15-20H,6-14H2,1-5H3. The maximum Gasteiger partial charge on any atom is 0.437 e. The molecule has 2 aliphatic rings. The fraction of sp³-hybridized carbons (Fsp3) is 0.966. The summed E-state index contributed by atoms with van der Waals surface area (Å²) in [7, 11) is 0. The minimum atomic E-state index is -6.68. The Balaban J connectivity index is 2.50. The van der Waals surface area contributed by atoms with E-state index in [2.05, 4.69) is 9.47 Å². The Bertz CT molecular complexity index is 1040. The van der Waals surface area contributed by atoms with Gasteiger partial charge in [0.1, 0.15) is 6.79 Å². The lowest BCUT2D eigenvalue weighted by molar-refractivity contribution is -0.418. The minimum absolute atomic E-state index is 0.00151. The number of hydrogen-bond acceptors (Lipinski definition) is 4. The molecule has 2 aliphatic carbocycles. The van der Waals surface area contributed by atoms with Crippen LogP contribution in [0.3, 0.4) is 0 Å². The second kappa shape index (κ2) is 14.2. The molecule has 4 atom stereocenters. The van der Waals surface area contributed by atoms with Crippen LogP contribution in [0.1, 0.15) is 86.0 Å². The van der Waals surface area contributed by atoms with E-state index >= 15 is 0 Å². The first-order valence-electron chi connectivity index (χ1n) is 15.3. The molecule has 2 rings (SSSR count). The van der Waals surface area contributed by atoms with Crippen molar-refractivity contribution in [1.29, 1.82) is 0 Å².